The first kappa shape index (κ1) is 43.8. The SMILES string of the molecule is [B]P(C)C(=O)CNC(=O)C(CC(=O)C(Cc1ccccc1)NC(=O)CCC(=O)CCC(CC(=O)OCC1c2ccccc2-c2ccccc21)C(=O)O)CC(C)C. The van der Waals surface area contributed by atoms with Crippen LogP contribution < -0.4 is 10.6 Å². The van der Waals surface area contributed by atoms with Crippen LogP contribution in [0.2, 0.25) is 0 Å². The van der Waals surface area contributed by atoms with Crippen molar-refractivity contribution >= 4 is 56.2 Å². The summed E-state index contributed by atoms with van der Waals surface area (Å²) in [6.45, 7) is 5.26. The van der Waals surface area contributed by atoms with Crippen LogP contribution in [0, 0.1) is 17.8 Å². The highest BCUT2D eigenvalue weighted by atomic mass is 31.1. The lowest BCUT2D eigenvalue weighted by atomic mass is 9.88. The molecule has 3 N–H and O–H groups in total. The van der Waals surface area contributed by atoms with Crippen LogP contribution in [0.15, 0.2) is 78.9 Å². The van der Waals surface area contributed by atoms with Gasteiger partial charge >= 0.3 is 11.9 Å². The number of benzene rings is 3. The molecule has 3 aromatic rings. The number of carbonyl (C=O) groups is 7. The van der Waals surface area contributed by atoms with Gasteiger partial charge in [-0.3, -0.25) is 33.6 Å². The minimum absolute atomic E-state index is 0.0579. The molecule has 1 aliphatic carbocycles. The highest BCUT2D eigenvalue weighted by Gasteiger charge is 2.31. The van der Waals surface area contributed by atoms with E-state index in [9.17, 15) is 38.7 Å². The van der Waals surface area contributed by atoms with Gasteiger partial charge in [-0.1, -0.05) is 101 Å². The number of carboxylic acid groups (broad SMARTS) is 1. The first-order valence-corrected chi connectivity index (χ1v) is 20.8. The van der Waals surface area contributed by atoms with Crippen LogP contribution in [-0.2, 0) is 44.7 Å². The van der Waals surface area contributed by atoms with Crippen LogP contribution >= 0.6 is 7.80 Å². The number of fused-ring (bicyclic) bond motifs is 3. The maximum Gasteiger partial charge on any atom is 0.307 e. The third-order valence-corrected chi connectivity index (χ3v) is 10.9. The number of nitrogens with one attached hydrogen (secondary N) is 2. The first-order valence-electron chi connectivity index (χ1n) is 19.0. The molecule has 13 heteroatoms. The second-order valence-corrected chi connectivity index (χ2v) is 16.5. The summed E-state index contributed by atoms with van der Waals surface area (Å²) in [6, 6.07) is 23.9. The fourth-order valence-electron chi connectivity index (χ4n) is 6.93. The molecule has 0 heterocycles. The number of ketones is 2. The number of ether oxygens (including phenoxy) is 1. The average molecular weight is 781 g/mol. The number of hydrogen-bond donors (Lipinski definition) is 3. The Hall–Kier alpha value is -4.96. The van der Waals surface area contributed by atoms with Gasteiger partial charge in [0, 0.05) is 37.5 Å². The lowest BCUT2D eigenvalue weighted by Gasteiger charge is -2.23. The molecule has 0 bridgehead atoms. The van der Waals surface area contributed by atoms with Crippen LogP contribution in [0.3, 0.4) is 0 Å². The number of hydrogen-bond acceptors (Lipinski definition) is 8. The summed E-state index contributed by atoms with van der Waals surface area (Å²) < 4.78 is 5.58. The van der Waals surface area contributed by atoms with Crippen molar-refractivity contribution in [1.29, 1.82) is 0 Å². The molecular formula is C43H50BN2O9P. The van der Waals surface area contributed by atoms with Crippen molar-refractivity contribution in [1.82, 2.24) is 10.6 Å². The summed E-state index contributed by atoms with van der Waals surface area (Å²) in [5.41, 5.74) is 4.72. The number of carbonyl (C=O) groups excluding carboxylic acids is 6. The molecule has 0 aromatic heterocycles. The van der Waals surface area contributed by atoms with Crippen molar-refractivity contribution < 1.29 is 43.4 Å². The molecule has 2 radical (unpaired) electrons. The topological polar surface area (TPSA) is 173 Å². The summed E-state index contributed by atoms with van der Waals surface area (Å²) in [7, 11) is 4.31. The molecule has 0 saturated heterocycles. The van der Waals surface area contributed by atoms with Crippen LogP contribution in [0.1, 0.15) is 81.4 Å². The zero-order chi connectivity index (χ0) is 40.8. The zero-order valence-corrected chi connectivity index (χ0v) is 33.1. The molecule has 56 heavy (non-hydrogen) atoms. The average Bonchev–Trinajstić information content (AvgIpc) is 3.49. The van der Waals surface area contributed by atoms with E-state index in [0.717, 1.165) is 27.8 Å². The van der Waals surface area contributed by atoms with Crippen LogP contribution in [0.4, 0.5) is 0 Å². The van der Waals surface area contributed by atoms with Crippen LogP contribution in [-0.4, -0.2) is 79.4 Å². The van der Waals surface area contributed by atoms with Crippen LogP contribution in [0.25, 0.3) is 11.1 Å². The Kier molecular flexibility index (Phi) is 16.7. The van der Waals surface area contributed by atoms with E-state index in [1.54, 1.807) is 18.8 Å². The van der Waals surface area contributed by atoms with Crippen molar-refractivity contribution in [3.8, 4) is 11.1 Å². The molecular weight excluding hydrogens is 730 g/mol. The van der Waals surface area contributed by atoms with Gasteiger partial charge in [-0.2, -0.15) is 0 Å². The number of rotatable bonds is 23. The van der Waals surface area contributed by atoms with E-state index in [-0.39, 0.29) is 80.6 Å². The fourth-order valence-corrected chi connectivity index (χ4v) is 7.26. The van der Waals surface area contributed by atoms with Gasteiger partial charge in [-0.15, -0.1) is 0 Å². The highest BCUT2D eigenvalue weighted by molar-refractivity contribution is 7.94. The van der Waals surface area contributed by atoms with Gasteiger partial charge in [-0.25, -0.2) is 0 Å². The van der Waals surface area contributed by atoms with E-state index < -0.39 is 55.9 Å². The largest absolute Gasteiger partial charge is 0.481 e. The van der Waals surface area contributed by atoms with Crippen molar-refractivity contribution in [2.24, 2.45) is 17.8 Å². The zero-order valence-electron chi connectivity index (χ0n) is 32.2. The first-order chi connectivity index (χ1) is 26.7. The van der Waals surface area contributed by atoms with E-state index in [0.29, 0.717) is 6.42 Å². The molecule has 0 spiro atoms. The van der Waals surface area contributed by atoms with Crippen LogP contribution in [0.5, 0.6) is 0 Å². The Morgan fingerprint density at radius 3 is 2.00 bits per heavy atom. The number of amides is 2. The van der Waals surface area contributed by atoms with Gasteiger partial charge in [0.1, 0.15) is 20.0 Å². The quantitative estimate of drug-likeness (QED) is 0.0616. The van der Waals surface area contributed by atoms with E-state index >= 15 is 0 Å². The van der Waals surface area contributed by atoms with Gasteiger partial charge in [0.15, 0.2) is 11.3 Å². The Bertz CT molecular complexity index is 1840. The molecule has 0 aliphatic heterocycles. The van der Waals surface area contributed by atoms with Gasteiger partial charge in [0.05, 0.1) is 24.9 Å². The lowest BCUT2D eigenvalue weighted by molar-refractivity contribution is -0.152. The van der Waals surface area contributed by atoms with Gasteiger partial charge < -0.3 is 20.5 Å². The van der Waals surface area contributed by atoms with Gasteiger partial charge in [0.2, 0.25) is 11.8 Å². The Balaban J connectivity index is 1.29. The molecule has 2 amide bonds. The standard InChI is InChI=1S/C43H50BN2O9P/c1-27(2)21-30(42(52)45-25-41(51)56(3)44)23-38(48)37(22-28-11-5-4-6-12-28)46-39(49)20-19-31(47)18-17-29(43(53)54)24-40(50)55-26-36-34-15-9-7-13-32(34)33-14-8-10-16-35(33)36/h4-16,27,29-30,36-37H,17-26H2,1-3H3,(H,45,52)(H,46,49)(H,53,54). The lowest BCUT2D eigenvalue weighted by Crippen LogP contribution is -2.44. The summed E-state index contributed by atoms with van der Waals surface area (Å²) in [5, 5.41) is 15.2. The Morgan fingerprint density at radius 2 is 1.41 bits per heavy atom. The van der Waals surface area contributed by atoms with Gasteiger partial charge in [0.25, 0.3) is 0 Å². The third kappa shape index (κ3) is 13.1. The number of esters is 1. The predicted octanol–water partition coefficient (Wildman–Crippen LogP) is 5.75. The summed E-state index contributed by atoms with van der Waals surface area (Å²) in [5.74, 6) is -5.59. The van der Waals surface area contributed by atoms with Crippen molar-refractivity contribution in [3.05, 3.63) is 95.6 Å². The fraction of sp³-hybridized carbons (Fsp3) is 0.419. The molecule has 11 nitrogen and oxygen atoms in total. The van der Waals surface area contributed by atoms with E-state index in [4.69, 9.17) is 12.3 Å². The number of aliphatic carboxylic acids is 1. The second kappa shape index (κ2) is 21.4. The minimum Gasteiger partial charge on any atom is -0.481 e. The maximum absolute atomic E-state index is 13.7. The van der Waals surface area contributed by atoms with Crippen molar-refractivity contribution in [2.75, 3.05) is 19.8 Å². The third-order valence-electron chi connectivity index (χ3n) is 9.93. The highest BCUT2D eigenvalue weighted by Crippen LogP contribution is 2.44. The predicted molar refractivity (Wildman–Crippen MR) is 215 cm³/mol. The summed E-state index contributed by atoms with van der Waals surface area (Å²) in [6.07, 6.45) is -0.718. The Labute approximate surface area is 330 Å². The van der Waals surface area contributed by atoms with Gasteiger partial charge in [-0.05, 0) is 59.7 Å². The molecule has 3 aromatic carbocycles. The summed E-state index contributed by atoms with van der Waals surface area (Å²) in [4.78, 5) is 89.6. The monoisotopic (exact) mass is 780 g/mol. The molecule has 1 aliphatic rings. The smallest absolute Gasteiger partial charge is 0.307 e. The molecule has 4 rings (SSSR count). The van der Waals surface area contributed by atoms with Crippen molar-refractivity contribution in [3.63, 3.8) is 0 Å². The molecule has 4 atom stereocenters. The maximum atomic E-state index is 13.7. The second-order valence-electron chi connectivity index (χ2n) is 14.8. The molecule has 0 fully saturated rings. The van der Waals surface area contributed by atoms with E-state index in [1.165, 1.54) is 0 Å². The Morgan fingerprint density at radius 1 is 0.804 bits per heavy atom. The molecule has 4 unspecified atom stereocenters. The number of Topliss-reactive ketones (excluding diaryl/α,β-unsaturated/α-hetero) is 2. The normalized spacial score (nSPS) is 14.1. The summed E-state index contributed by atoms with van der Waals surface area (Å²) >= 11 is 0. The number of carboxylic acids is 1. The van der Waals surface area contributed by atoms with E-state index in [1.807, 2.05) is 80.6 Å². The van der Waals surface area contributed by atoms with Crippen molar-refractivity contribution in [2.45, 2.75) is 77.2 Å². The minimum atomic E-state index is -1.37. The van der Waals surface area contributed by atoms with E-state index in [2.05, 4.69) is 10.6 Å². The molecule has 0 saturated carbocycles. The molecule has 294 valence electrons.